The molecule has 3 rings (SSSR count). The van der Waals surface area contributed by atoms with Crippen LogP contribution in [-0.2, 0) is 0 Å². The summed E-state index contributed by atoms with van der Waals surface area (Å²) in [6.45, 7) is 4.17. The van der Waals surface area contributed by atoms with Gasteiger partial charge in [0.05, 0.1) is 0 Å². The molecule has 2 atom stereocenters. The van der Waals surface area contributed by atoms with Crippen LogP contribution in [0.5, 0.6) is 0 Å². The molecule has 11 heavy (non-hydrogen) atoms. The second-order valence-corrected chi connectivity index (χ2v) is 4.19. The number of rotatable bonds is 2. The Kier molecular flexibility index (Phi) is 0.819. The fourth-order valence-electron chi connectivity index (χ4n) is 2.62. The summed E-state index contributed by atoms with van der Waals surface area (Å²) in [5, 5.41) is 0. The monoisotopic (exact) mass is 144 g/mol. The maximum atomic E-state index is 4.17. The van der Waals surface area contributed by atoms with E-state index < -0.39 is 0 Å². The Morgan fingerprint density at radius 1 is 1.73 bits per heavy atom. The van der Waals surface area contributed by atoms with Crippen LogP contribution < -0.4 is 0 Å². The molecular formula is C11H12. The van der Waals surface area contributed by atoms with Crippen molar-refractivity contribution in [1.82, 2.24) is 0 Å². The lowest BCUT2D eigenvalue weighted by Gasteiger charge is -2.11. The highest BCUT2D eigenvalue weighted by molar-refractivity contribution is 5.39. The normalized spacial score (nSPS) is 43.8. The number of fused-ring (bicyclic) bond motifs is 1. The number of hydrogen-bond acceptors (Lipinski definition) is 0. The molecular weight excluding hydrogens is 132 g/mol. The predicted octanol–water partition coefficient (Wildman–Crippen LogP) is 2.83. The maximum absolute atomic E-state index is 4.17. The predicted molar refractivity (Wildman–Crippen MR) is 45.1 cm³/mol. The first-order chi connectivity index (χ1) is 5.31. The van der Waals surface area contributed by atoms with E-state index in [-0.39, 0.29) is 0 Å². The molecule has 3 aliphatic rings. The van der Waals surface area contributed by atoms with Crippen LogP contribution in [0.2, 0.25) is 0 Å². The van der Waals surface area contributed by atoms with Crippen LogP contribution in [-0.4, -0.2) is 0 Å². The summed E-state index contributed by atoms with van der Waals surface area (Å²) >= 11 is 0. The first kappa shape index (κ1) is 5.85. The third-order valence-electron chi connectivity index (χ3n) is 3.59. The van der Waals surface area contributed by atoms with Gasteiger partial charge in [0.2, 0.25) is 0 Å². The van der Waals surface area contributed by atoms with Gasteiger partial charge in [-0.05, 0) is 43.1 Å². The van der Waals surface area contributed by atoms with E-state index in [0.29, 0.717) is 5.41 Å². The molecule has 0 aromatic heterocycles. The molecule has 0 aromatic rings. The Balaban J connectivity index is 1.84. The minimum absolute atomic E-state index is 0.579. The summed E-state index contributed by atoms with van der Waals surface area (Å²) in [4.78, 5) is 0. The third kappa shape index (κ3) is 0.657. The fraction of sp³-hybridized carbons (Fsp3) is 0.545. The Bertz CT molecular complexity index is 302. The molecule has 3 aliphatic carbocycles. The zero-order chi connectivity index (χ0) is 7.47. The van der Waals surface area contributed by atoms with Gasteiger partial charge in [-0.3, -0.25) is 0 Å². The van der Waals surface area contributed by atoms with Crippen LogP contribution in [0.1, 0.15) is 25.7 Å². The van der Waals surface area contributed by atoms with Crippen molar-refractivity contribution in [3.05, 3.63) is 29.5 Å². The average Bonchev–Trinajstić information content (AvgIpc) is 2.84. The summed E-state index contributed by atoms with van der Waals surface area (Å²) in [6.07, 6.45) is 7.50. The van der Waals surface area contributed by atoms with Gasteiger partial charge in [0.15, 0.2) is 0 Å². The molecule has 0 amide bonds. The van der Waals surface area contributed by atoms with Crippen molar-refractivity contribution in [2.24, 2.45) is 11.3 Å². The molecule has 0 nitrogen and oxygen atoms in total. The second kappa shape index (κ2) is 1.54. The van der Waals surface area contributed by atoms with Gasteiger partial charge in [-0.25, -0.2) is 0 Å². The summed E-state index contributed by atoms with van der Waals surface area (Å²) in [5.74, 6) is 0.998. The third-order valence-corrected chi connectivity index (χ3v) is 3.59. The van der Waals surface area contributed by atoms with Crippen molar-refractivity contribution in [3.63, 3.8) is 0 Å². The second-order valence-electron chi connectivity index (χ2n) is 4.19. The summed E-state index contributed by atoms with van der Waals surface area (Å²) in [7, 11) is 0. The molecule has 0 bridgehead atoms. The molecule has 0 radical (unpaired) electrons. The zero-order valence-electron chi connectivity index (χ0n) is 6.69. The van der Waals surface area contributed by atoms with Crippen LogP contribution in [0, 0.1) is 11.3 Å². The summed E-state index contributed by atoms with van der Waals surface area (Å²) in [5.41, 5.74) is 6.74. The molecule has 0 heterocycles. The summed E-state index contributed by atoms with van der Waals surface area (Å²) < 4.78 is 0. The lowest BCUT2D eigenvalue weighted by atomic mass is 9.93. The molecule has 2 unspecified atom stereocenters. The number of hydrogen-bond donors (Lipinski definition) is 0. The fourth-order valence-corrected chi connectivity index (χ4v) is 2.62. The van der Waals surface area contributed by atoms with E-state index >= 15 is 0 Å². The van der Waals surface area contributed by atoms with Gasteiger partial charge in [0, 0.05) is 5.57 Å². The van der Waals surface area contributed by atoms with Crippen molar-refractivity contribution in [1.29, 1.82) is 0 Å². The van der Waals surface area contributed by atoms with Crippen molar-refractivity contribution in [2.45, 2.75) is 25.7 Å². The van der Waals surface area contributed by atoms with E-state index in [4.69, 9.17) is 0 Å². The largest absolute Gasteiger partial charge is 0.116 e. The van der Waals surface area contributed by atoms with E-state index in [2.05, 4.69) is 18.4 Å². The standard InChI is InChI=1S/C11H12/c1-8-2-5-10-7-11(8,10)6-9-3-4-9/h3,10H,1-2,5-7H2. The Morgan fingerprint density at radius 3 is 3.00 bits per heavy atom. The van der Waals surface area contributed by atoms with Gasteiger partial charge in [-0.15, -0.1) is 5.73 Å². The van der Waals surface area contributed by atoms with E-state index in [0.717, 1.165) is 5.92 Å². The van der Waals surface area contributed by atoms with Gasteiger partial charge in [0.25, 0.3) is 0 Å². The highest BCUT2D eigenvalue weighted by atomic mass is 14.6. The quantitative estimate of drug-likeness (QED) is 0.413. The van der Waals surface area contributed by atoms with Gasteiger partial charge < -0.3 is 0 Å². The highest BCUT2D eigenvalue weighted by Gasteiger charge is 2.59. The van der Waals surface area contributed by atoms with Crippen LogP contribution >= 0.6 is 0 Å². The van der Waals surface area contributed by atoms with Crippen molar-refractivity contribution in [3.8, 4) is 0 Å². The lowest BCUT2D eigenvalue weighted by Crippen LogP contribution is -2.00. The topological polar surface area (TPSA) is 0 Å². The van der Waals surface area contributed by atoms with Crippen LogP contribution in [0.25, 0.3) is 0 Å². The number of allylic oxidation sites excluding steroid dienone is 2. The molecule has 0 saturated heterocycles. The summed E-state index contributed by atoms with van der Waals surface area (Å²) in [6, 6.07) is 0. The molecule has 0 aromatic carbocycles. The van der Waals surface area contributed by atoms with Crippen LogP contribution in [0.4, 0.5) is 0 Å². The Labute approximate surface area is 67.3 Å². The smallest absolute Gasteiger partial charge is 0.00260 e. The Hall–Kier alpha value is -0.740. The molecule has 2 saturated carbocycles. The zero-order valence-corrected chi connectivity index (χ0v) is 6.69. The molecule has 56 valence electrons. The lowest BCUT2D eigenvalue weighted by molar-refractivity contribution is 0.594. The van der Waals surface area contributed by atoms with Crippen molar-refractivity contribution < 1.29 is 0 Å². The minimum atomic E-state index is 0.579. The first-order valence-electron chi connectivity index (χ1n) is 4.45. The molecule has 2 fully saturated rings. The molecule has 0 N–H and O–H groups in total. The molecule has 0 heteroatoms. The van der Waals surface area contributed by atoms with E-state index in [9.17, 15) is 0 Å². The van der Waals surface area contributed by atoms with Crippen LogP contribution in [0.3, 0.4) is 0 Å². The first-order valence-corrected chi connectivity index (χ1v) is 4.45. The van der Waals surface area contributed by atoms with Crippen LogP contribution in [0.15, 0.2) is 29.5 Å². The highest BCUT2D eigenvalue weighted by Crippen LogP contribution is 2.69. The Morgan fingerprint density at radius 2 is 2.55 bits per heavy atom. The van der Waals surface area contributed by atoms with E-state index in [1.54, 1.807) is 0 Å². The minimum Gasteiger partial charge on any atom is -0.116 e. The van der Waals surface area contributed by atoms with Crippen molar-refractivity contribution >= 4 is 0 Å². The van der Waals surface area contributed by atoms with E-state index in [1.807, 2.05) is 0 Å². The molecule has 0 aliphatic heterocycles. The van der Waals surface area contributed by atoms with Gasteiger partial charge >= 0.3 is 0 Å². The molecule has 0 spiro atoms. The SMILES string of the molecule is C=C1CCC2CC12CC1=C=C1. The maximum Gasteiger partial charge on any atom is 0.00260 e. The average molecular weight is 144 g/mol. The van der Waals surface area contributed by atoms with Crippen molar-refractivity contribution in [2.75, 3.05) is 0 Å². The van der Waals surface area contributed by atoms with E-state index in [1.165, 1.54) is 36.8 Å². The van der Waals surface area contributed by atoms with Gasteiger partial charge in [-0.1, -0.05) is 12.2 Å². The van der Waals surface area contributed by atoms with Gasteiger partial charge in [-0.2, -0.15) is 0 Å². The van der Waals surface area contributed by atoms with Gasteiger partial charge in [0.1, 0.15) is 0 Å².